The Balaban J connectivity index is 2.62. The first-order valence-corrected chi connectivity index (χ1v) is 7.56. The first-order valence-electron chi connectivity index (χ1n) is 6.06. The highest BCUT2D eigenvalue weighted by Gasteiger charge is 2.32. The van der Waals surface area contributed by atoms with Crippen LogP contribution < -0.4 is 0 Å². The molecule has 1 aliphatic heterocycles. The Morgan fingerprint density at radius 1 is 1.24 bits per heavy atom. The Bertz CT molecular complexity index is 380. The van der Waals surface area contributed by atoms with Crippen LogP contribution in [0.3, 0.4) is 0 Å². The van der Waals surface area contributed by atoms with Gasteiger partial charge in [0, 0.05) is 32.2 Å². The van der Waals surface area contributed by atoms with E-state index < -0.39 is 15.3 Å². The fraction of sp³-hybridized carbons (Fsp3) is 0.909. The predicted molar refractivity (Wildman–Crippen MR) is 66.9 cm³/mol. The summed E-state index contributed by atoms with van der Waals surface area (Å²) in [6.45, 7) is 8.24. The summed E-state index contributed by atoms with van der Waals surface area (Å²) in [6, 6.07) is 2.30. The van der Waals surface area contributed by atoms with Gasteiger partial charge in [-0.15, -0.1) is 0 Å². The molecule has 0 amide bonds. The summed E-state index contributed by atoms with van der Waals surface area (Å²) in [5.74, 6) is 0. The summed E-state index contributed by atoms with van der Waals surface area (Å²) < 4.78 is 25.3. The van der Waals surface area contributed by atoms with Gasteiger partial charge in [-0.25, -0.2) is 8.42 Å². The van der Waals surface area contributed by atoms with E-state index in [4.69, 9.17) is 5.26 Å². The summed E-state index contributed by atoms with van der Waals surface area (Å²) in [5, 5.41) is 7.77. The standard InChI is InChI=1S/C11H21N3O2S/c1-4-10(2)13-5-7-14(8-6-13)17(15,16)11(3)9-12/h10-11H,4-8H2,1-3H3. The molecule has 1 aliphatic rings. The molecule has 0 aliphatic carbocycles. The Kier molecular flexibility index (Phi) is 4.92. The zero-order valence-electron chi connectivity index (χ0n) is 10.8. The zero-order valence-corrected chi connectivity index (χ0v) is 11.6. The van der Waals surface area contributed by atoms with Crippen molar-refractivity contribution >= 4 is 10.0 Å². The Morgan fingerprint density at radius 3 is 2.18 bits per heavy atom. The van der Waals surface area contributed by atoms with Crippen LogP contribution in [0.1, 0.15) is 27.2 Å². The third-order valence-corrected chi connectivity index (χ3v) is 5.56. The van der Waals surface area contributed by atoms with E-state index in [1.54, 1.807) is 6.07 Å². The minimum Gasteiger partial charge on any atom is -0.298 e. The van der Waals surface area contributed by atoms with Gasteiger partial charge < -0.3 is 0 Å². The van der Waals surface area contributed by atoms with E-state index in [9.17, 15) is 8.42 Å². The molecule has 1 heterocycles. The molecule has 2 atom stereocenters. The number of rotatable bonds is 4. The minimum atomic E-state index is -3.42. The second-order valence-electron chi connectivity index (χ2n) is 4.51. The van der Waals surface area contributed by atoms with Crippen LogP contribution in [0.5, 0.6) is 0 Å². The highest BCUT2D eigenvalue weighted by molar-refractivity contribution is 7.89. The lowest BCUT2D eigenvalue weighted by Gasteiger charge is -2.37. The maximum absolute atomic E-state index is 11.9. The maximum atomic E-state index is 11.9. The fourth-order valence-electron chi connectivity index (χ4n) is 1.95. The molecular formula is C11H21N3O2S. The van der Waals surface area contributed by atoms with Crippen LogP contribution in [-0.4, -0.2) is 55.1 Å². The van der Waals surface area contributed by atoms with Crippen LogP contribution in [0.2, 0.25) is 0 Å². The predicted octanol–water partition coefficient (Wildman–Crippen LogP) is 0.644. The average molecular weight is 259 g/mol. The molecule has 1 fully saturated rings. The minimum absolute atomic E-state index is 0.494. The topological polar surface area (TPSA) is 64.4 Å². The van der Waals surface area contributed by atoms with Gasteiger partial charge >= 0.3 is 0 Å². The van der Waals surface area contributed by atoms with E-state index in [0.29, 0.717) is 19.1 Å². The molecule has 6 heteroatoms. The van der Waals surface area contributed by atoms with Crippen LogP contribution in [-0.2, 0) is 10.0 Å². The number of nitrogens with zero attached hydrogens (tertiary/aromatic N) is 3. The average Bonchev–Trinajstić information content (AvgIpc) is 2.36. The summed E-state index contributed by atoms with van der Waals surface area (Å²) in [7, 11) is -3.42. The molecule has 0 aromatic rings. The number of sulfonamides is 1. The molecule has 5 nitrogen and oxygen atoms in total. The molecule has 0 aromatic heterocycles. The van der Waals surface area contributed by atoms with Gasteiger partial charge in [-0.3, -0.25) is 4.90 Å². The molecule has 0 spiro atoms. The lowest BCUT2D eigenvalue weighted by Crippen LogP contribution is -2.52. The van der Waals surface area contributed by atoms with Crippen LogP contribution in [0.4, 0.5) is 0 Å². The molecule has 0 bridgehead atoms. The van der Waals surface area contributed by atoms with Crippen molar-refractivity contribution < 1.29 is 8.42 Å². The van der Waals surface area contributed by atoms with Crippen molar-refractivity contribution in [2.75, 3.05) is 26.2 Å². The van der Waals surface area contributed by atoms with Gasteiger partial charge in [0.05, 0.1) is 6.07 Å². The normalized spacial score (nSPS) is 22.9. The summed E-state index contributed by atoms with van der Waals surface area (Å²) in [5.41, 5.74) is 0. The molecule has 98 valence electrons. The second kappa shape index (κ2) is 5.80. The lowest BCUT2D eigenvalue weighted by molar-refractivity contribution is 0.142. The van der Waals surface area contributed by atoms with Crippen molar-refractivity contribution in [2.24, 2.45) is 0 Å². The third kappa shape index (κ3) is 3.18. The monoisotopic (exact) mass is 259 g/mol. The molecule has 1 rings (SSSR count). The molecular weight excluding hydrogens is 238 g/mol. The third-order valence-electron chi connectivity index (χ3n) is 3.48. The molecule has 2 unspecified atom stereocenters. The molecule has 0 saturated carbocycles. The summed E-state index contributed by atoms with van der Waals surface area (Å²) >= 11 is 0. The van der Waals surface area contributed by atoms with E-state index in [2.05, 4.69) is 18.7 Å². The van der Waals surface area contributed by atoms with Crippen molar-refractivity contribution in [1.82, 2.24) is 9.21 Å². The molecule has 0 aromatic carbocycles. The van der Waals surface area contributed by atoms with Crippen LogP contribution in [0.15, 0.2) is 0 Å². The van der Waals surface area contributed by atoms with Crippen molar-refractivity contribution in [3.8, 4) is 6.07 Å². The van der Waals surface area contributed by atoms with E-state index in [-0.39, 0.29) is 0 Å². The lowest BCUT2D eigenvalue weighted by atomic mass is 10.2. The maximum Gasteiger partial charge on any atom is 0.230 e. The molecule has 17 heavy (non-hydrogen) atoms. The Hall–Kier alpha value is -0.640. The fourth-order valence-corrected chi connectivity index (χ4v) is 3.20. The van der Waals surface area contributed by atoms with Gasteiger partial charge in [-0.05, 0) is 20.3 Å². The van der Waals surface area contributed by atoms with Crippen LogP contribution >= 0.6 is 0 Å². The van der Waals surface area contributed by atoms with Gasteiger partial charge in [-0.1, -0.05) is 6.92 Å². The van der Waals surface area contributed by atoms with E-state index in [1.165, 1.54) is 11.2 Å². The SMILES string of the molecule is CCC(C)N1CCN(S(=O)(=O)C(C)C#N)CC1. The van der Waals surface area contributed by atoms with Gasteiger partial charge in [0.25, 0.3) is 0 Å². The van der Waals surface area contributed by atoms with Crippen molar-refractivity contribution in [1.29, 1.82) is 5.26 Å². The number of hydrogen-bond donors (Lipinski definition) is 0. The highest BCUT2D eigenvalue weighted by atomic mass is 32.2. The summed E-state index contributed by atoms with van der Waals surface area (Å²) in [6.07, 6.45) is 1.07. The number of hydrogen-bond acceptors (Lipinski definition) is 4. The first-order chi connectivity index (χ1) is 7.93. The Morgan fingerprint density at radius 2 is 1.76 bits per heavy atom. The van der Waals surface area contributed by atoms with E-state index in [0.717, 1.165) is 19.5 Å². The van der Waals surface area contributed by atoms with Crippen molar-refractivity contribution in [2.45, 2.75) is 38.5 Å². The van der Waals surface area contributed by atoms with E-state index >= 15 is 0 Å². The largest absolute Gasteiger partial charge is 0.298 e. The van der Waals surface area contributed by atoms with Crippen molar-refractivity contribution in [3.63, 3.8) is 0 Å². The van der Waals surface area contributed by atoms with Crippen LogP contribution in [0.25, 0.3) is 0 Å². The van der Waals surface area contributed by atoms with Crippen molar-refractivity contribution in [3.05, 3.63) is 0 Å². The van der Waals surface area contributed by atoms with Gasteiger partial charge in [-0.2, -0.15) is 9.57 Å². The molecule has 1 saturated heterocycles. The quantitative estimate of drug-likeness (QED) is 0.743. The zero-order chi connectivity index (χ0) is 13.1. The van der Waals surface area contributed by atoms with E-state index in [1.807, 2.05) is 0 Å². The first kappa shape index (κ1) is 14.4. The smallest absolute Gasteiger partial charge is 0.230 e. The molecule has 0 radical (unpaired) electrons. The number of piperazine rings is 1. The van der Waals surface area contributed by atoms with Gasteiger partial charge in [0.15, 0.2) is 5.25 Å². The van der Waals surface area contributed by atoms with Gasteiger partial charge in [0.1, 0.15) is 0 Å². The second-order valence-corrected chi connectivity index (χ2v) is 6.76. The van der Waals surface area contributed by atoms with Gasteiger partial charge in [0.2, 0.25) is 10.0 Å². The summed E-state index contributed by atoms with van der Waals surface area (Å²) in [4.78, 5) is 2.29. The highest BCUT2D eigenvalue weighted by Crippen LogP contribution is 2.14. The number of nitriles is 1. The molecule has 0 N–H and O–H groups in total. The van der Waals surface area contributed by atoms with Crippen LogP contribution in [0, 0.1) is 11.3 Å². The Labute approximate surface area is 104 Å².